The fourth-order valence-corrected chi connectivity index (χ4v) is 4.83. The maximum absolute atomic E-state index is 14.1. The minimum atomic E-state index is -4.74. The molecule has 0 aliphatic rings. The fourth-order valence-electron chi connectivity index (χ4n) is 4.51. The topological polar surface area (TPSA) is 77.1 Å². The number of hydrogen-bond donors (Lipinski definition) is 1. The first-order valence-corrected chi connectivity index (χ1v) is 13.1. The highest BCUT2D eigenvalue weighted by Gasteiger charge is 2.35. The number of nitrogens with one attached hydrogen (secondary N) is 1. The van der Waals surface area contributed by atoms with Crippen molar-refractivity contribution in [3.05, 3.63) is 112 Å². The Hall–Kier alpha value is -4.41. The van der Waals surface area contributed by atoms with Crippen LogP contribution in [0.15, 0.2) is 78.9 Å². The van der Waals surface area contributed by atoms with Crippen molar-refractivity contribution < 1.29 is 18.0 Å². The largest absolute Gasteiger partial charge is 0.433 e. The maximum Gasteiger partial charge on any atom is 0.433 e. The number of anilines is 1. The highest BCUT2D eigenvalue weighted by molar-refractivity contribution is 6.42. The maximum atomic E-state index is 14.1. The van der Waals surface area contributed by atoms with E-state index >= 15 is 0 Å². The number of fused-ring (bicyclic) bond motifs is 2. The number of hydrogen-bond acceptors (Lipinski definition) is 4. The molecular weight excluding hydrogens is 576 g/mol. The molecule has 3 heterocycles. The molecule has 3 aromatic carbocycles. The Bertz CT molecular complexity index is 1960. The lowest BCUT2D eigenvalue weighted by atomic mass is 10.0. The summed E-state index contributed by atoms with van der Waals surface area (Å²) in [5.74, 6) is -0.513. The first-order valence-electron chi connectivity index (χ1n) is 12.3. The van der Waals surface area contributed by atoms with Gasteiger partial charge in [-0.25, -0.2) is 9.50 Å². The molecule has 0 saturated heterocycles. The average molecular weight is 595 g/mol. The third-order valence-corrected chi connectivity index (χ3v) is 7.27. The number of carbonyl (C=O) groups excluding carboxylic acids is 1. The molecule has 6 aromatic rings. The Morgan fingerprint density at radius 1 is 0.902 bits per heavy atom. The molecule has 0 bridgehead atoms. The zero-order valence-corrected chi connectivity index (χ0v) is 22.8. The minimum absolute atomic E-state index is 0.110. The Balaban J connectivity index is 1.31. The molecule has 1 N–H and O–H groups in total. The van der Waals surface area contributed by atoms with Crippen molar-refractivity contribution in [2.75, 3.05) is 5.32 Å². The van der Waals surface area contributed by atoms with Gasteiger partial charge in [0.25, 0.3) is 5.91 Å². The molecule has 12 heteroatoms. The molecule has 1 amide bonds. The van der Waals surface area contributed by atoms with E-state index in [0.717, 1.165) is 28.1 Å². The van der Waals surface area contributed by atoms with Gasteiger partial charge in [0.05, 0.1) is 22.3 Å². The van der Waals surface area contributed by atoms with Gasteiger partial charge in [0.2, 0.25) is 0 Å². The number of amides is 1. The molecule has 206 valence electrons. The van der Waals surface area contributed by atoms with Crippen molar-refractivity contribution in [2.45, 2.75) is 19.6 Å². The smallest absolute Gasteiger partial charge is 0.304 e. The lowest BCUT2D eigenvalue weighted by molar-refractivity contribution is -0.142. The van der Waals surface area contributed by atoms with Gasteiger partial charge in [-0.05, 0) is 47.5 Å². The van der Waals surface area contributed by atoms with Crippen molar-refractivity contribution in [1.82, 2.24) is 24.4 Å². The summed E-state index contributed by atoms with van der Waals surface area (Å²) in [5.41, 5.74) is 0.793. The van der Waals surface area contributed by atoms with Crippen molar-refractivity contribution in [1.29, 1.82) is 0 Å². The van der Waals surface area contributed by atoms with Crippen LogP contribution in [-0.4, -0.2) is 30.3 Å². The van der Waals surface area contributed by atoms with Crippen LogP contribution in [0.3, 0.4) is 0 Å². The predicted molar refractivity (Wildman–Crippen MR) is 151 cm³/mol. The van der Waals surface area contributed by atoms with E-state index in [1.165, 1.54) is 6.07 Å². The summed E-state index contributed by atoms with van der Waals surface area (Å²) < 4.78 is 44.5. The van der Waals surface area contributed by atoms with Crippen LogP contribution in [0.5, 0.6) is 0 Å². The number of carbonyl (C=O) groups is 1. The van der Waals surface area contributed by atoms with Crippen LogP contribution in [0.25, 0.3) is 27.7 Å². The van der Waals surface area contributed by atoms with Crippen molar-refractivity contribution in [2.24, 2.45) is 0 Å². The van der Waals surface area contributed by atoms with Crippen LogP contribution in [0, 0.1) is 6.92 Å². The first-order chi connectivity index (χ1) is 19.5. The van der Waals surface area contributed by atoms with E-state index in [1.54, 1.807) is 41.9 Å². The lowest BCUT2D eigenvalue weighted by Gasteiger charge is -2.11. The standard InChI is InChI=1S/C29H19Cl2F3N6O/c1-16-10-26(38-39(16)15-17-6-9-21(30)22(31)11-17)36-28(41)24-14-27-35-23(13-25(29(32,33)34)40(27)37-24)20-8-7-18-4-2-3-5-19(18)12-20/h2-14H,15H2,1H3,(H,36,38,41). The Kier molecular flexibility index (Phi) is 6.67. The van der Waals surface area contributed by atoms with Crippen LogP contribution in [0.4, 0.5) is 19.0 Å². The van der Waals surface area contributed by atoms with Gasteiger partial charge in [-0.15, -0.1) is 0 Å². The van der Waals surface area contributed by atoms with Gasteiger partial charge in [0, 0.05) is 23.4 Å². The number of halogens is 5. The molecule has 0 saturated carbocycles. The molecule has 0 aliphatic carbocycles. The third kappa shape index (κ3) is 5.36. The number of alkyl halides is 3. The summed E-state index contributed by atoms with van der Waals surface area (Å²) in [6.07, 6.45) is -4.74. The molecule has 0 aliphatic heterocycles. The minimum Gasteiger partial charge on any atom is -0.304 e. The van der Waals surface area contributed by atoms with Crippen molar-refractivity contribution in [3.63, 3.8) is 0 Å². The molecule has 0 radical (unpaired) electrons. The highest BCUT2D eigenvalue weighted by Crippen LogP contribution is 2.33. The summed E-state index contributed by atoms with van der Waals surface area (Å²) in [6.45, 7) is 2.17. The molecule has 0 atom stereocenters. The Morgan fingerprint density at radius 3 is 2.44 bits per heavy atom. The van der Waals surface area contributed by atoms with E-state index in [9.17, 15) is 18.0 Å². The van der Waals surface area contributed by atoms with E-state index in [2.05, 4.69) is 20.5 Å². The lowest BCUT2D eigenvalue weighted by Crippen LogP contribution is -2.16. The number of aryl methyl sites for hydroxylation is 1. The van der Waals surface area contributed by atoms with E-state index in [-0.39, 0.29) is 22.9 Å². The predicted octanol–water partition coefficient (Wildman–Crippen LogP) is 7.68. The number of nitrogens with zero attached hydrogens (tertiary/aromatic N) is 5. The summed E-state index contributed by atoms with van der Waals surface area (Å²) in [6, 6.07) is 21.8. The second-order valence-electron chi connectivity index (χ2n) is 9.42. The van der Waals surface area contributed by atoms with Gasteiger partial charge in [-0.3, -0.25) is 9.48 Å². The van der Waals surface area contributed by atoms with Crippen molar-refractivity contribution >= 4 is 51.3 Å². The van der Waals surface area contributed by atoms with Crippen molar-refractivity contribution in [3.8, 4) is 11.3 Å². The van der Waals surface area contributed by atoms with Crippen LogP contribution in [0.1, 0.15) is 27.4 Å². The quantitative estimate of drug-likeness (QED) is 0.222. The second-order valence-corrected chi connectivity index (χ2v) is 10.2. The van der Waals surface area contributed by atoms with E-state index in [0.29, 0.717) is 26.7 Å². The number of rotatable bonds is 5. The number of benzene rings is 3. The van der Waals surface area contributed by atoms with E-state index in [1.807, 2.05) is 36.4 Å². The summed E-state index contributed by atoms with van der Waals surface area (Å²) >= 11 is 12.1. The zero-order chi connectivity index (χ0) is 28.9. The highest BCUT2D eigenvalue weighted by atomic mass is 35.5. The van der Waals surface area contributed by atoms with Gasteiger partial charge in [-0.1, -0.05) is 65.7 Å². The van der Waals surface area contributed by atoms with Crippen LogP contribution >= 0.6 is 23.2 Å². The molecule has 0 fully saturated rings. The van der Waals surface area contributed by atoms with Gasteiger partial charge in [0.1, 0.15) is 0 Å². The molecule has 0 spiro atoms. The first kappa shape index (κ1) is 26.8. The third-order valence-electron chi connectivity index (χ3n) is 6.53. The van der Waals surface area contributed by atoms with Gasteiger partial charge >= 0.3 is 6.18 Å². The van der Waals surface area contributed by atoms with E-state index < -0.39 is 17.8 Å². The summed E-state index contributed by atoms with van der Waals surface area (Å²) in [5, 5.41) is 13.6. The average Bonchev–Trinajstić information content (AvgIpc) is 3.52. The molecular formula is C29H19Cl2F3N6O. The molecule has 41 heavy (non-hydrogen) atoms. The summed E-state index contributed by atoms with van der Waals surface area (Å²) in [4.78, 5) is 17.4. The van der Waals surface area contributed by atoms with Gasteiger partial charge < -0.3 is 5.32 Å². The fraction of sp³-hybridized carbons (Fsp3) is 0.103. The normalized spacial score (nSPS) is 11.9. The van der Waals surface area contributed by atoms with Crippen LogP contribution in [0.2, 0.25) is 10.0 Å². The summed E-state index contributed by atoms with van der Waals surface area (Å²) in [7, 11) is 0. The van der Waals surface area contributed by atoms with Gasteiger partial charge in [0.15, 0.2) is 22.9 Å². The molecule has 3 aromatic heterocycles. The SMILES string of the molecule is Cc1cc(NC(=O)c2cc3nc(-c4ccc5ccccc5c4)cc(C(F)(F)F)n3n2)nn1Cc1ccc(Cl)c(Cl)c1. The molecule has 6 rings (SSSR count). The monoisotopic (exact) mass is 594 g/mol. The Labute approximate surface area is 241 Å². The Morgan fingerprint density at radius 2 is 1.68 bits per heavy atom. The molecule has 0 unspecified atom stereocenters. The second kappa shape index (κ2) is 10.2. The molecule has 7 nitrogen and oxygen atoms in total. The number of aromatic nitrogens is 5. The zero-order valence-electron chi connectivity index (χ0n) is 21.2. The van der Waals surface area contributed by atoms with Gasteiger partial charge in [-0.2, -0.15) is 23.4 Å². The van der Waals surface area contributed by atoms with E-state index in [4.69, 9.17) is 23.2 Å². The van der Waals surface area contributed by atoms with Crippen LogP contribution in [-0.2, 0) is 12.7 Å². The van der Waals surface area contributed by atoms with Crippen LogP contribution < -0.4 is 5.32 Å².